The monoisotopic (exact) mass is 339 g/mol. The molecule has 130 valence electrons. The number of nitrogens with two attached hydrogens (primary N) is 1. The molecule has 6 nitrogen and oxygen atoms in total. The Morgan fingerprint density at radius 3 is 2.56 bits per heavy atom. The summed E-state index contributed by atoms with van der Waals surface area (Å²) in [5.41, 5.74) is 7.84. The highest BCUT2D eigenvalue weighted by atomic mass is 16.6. The zero-order valence-electron chi connectivity index (χ0n) is 13.9. The summed E-state index contributed by atoms with van der Waals surface area (Å²) in [6.07, 6.45) is 0.945. The fourth-order valence-electron chi connectivity index (χ4n) is 2.85. The number of anilines is 2. The van der Waals surface area contributed by atoms with Gasteiger partial charge in [0.15, 0.2) is 0 Å². The first kappa shape index (κ1) is 16.8. The van der Waals surface area contributed by atoms with Gasteiger partial charge in [0.05, 0.1) is 0 Å². The number of hydrogen-bond acceptors (Lipinski definition) is 4. The third-order valence-electron chi connectivity index (χ3n) is 4.17. The van der Waals surface area contributed by atoms with E-state index in [1.807, 2.05) is 30.3 Å². The van der Waals surface area contributed by atoms with E-state index in [2.05, 4.69) is 5.32 Å². The average molecular weight is 339 g/mol. The topological polar surface area (TPSA) is 84.7 Å². The van der Waals surface area contributed by atoms with Crippen molar-refractivity contribution < 1.29 is 14.3 Å². The molecular weight excluding hydrogens is 318 g/mol. The molecule has 0 spiro atoms. The summed E-state index contributed by atoms with van der Waals surface area (Å²) < 4.78 is 5.35. The van der Waals surface area contributed by atoms with Crippen LogP contribution in [0.4, 0.5) is 16.2 Å². The predicted molar refractivity (Wildman–Crippen MR) is 95.8 cm³/mol. The summed E-state index contributed by atoms with van der Waals surface area (Å²) in [7, 11) is 0. The Kier molecular flexibility index (Phi) is 5.18. The molecule has 2 aromatic rings. The molecule has 3 N–H and O–H groups in total. The van der Waals surface area contributed by atoms with Gasteiger partial charge < -0.3 is 15.8 Å². The van der Waals surface area contributed by atoms with Crippen molar-refractivity contribution in [1.82, 2.24) is 4.90 Å². The Morgan fingerprint density at radius 2 is 1.84 bits per heavy atom. The number of nitrogens with zero attached hydrogens (tertiary/aromatic N) is 1. The lowest BCUT2D eigenvalue weighted by Crippen LogP contribution is -2.43. The van der Waals surface area contributed by atoms with E-state index in [0.29, 0.717) is 24.3 Å². The number of benzene rings is 2. The van der Waals surface area contributed by atoms with Crippen LogP contribution in [0.15, 0.2) is 54.6 Å². The number of hydrogen-bond donors (Lipinski definition) is 2. The maximum absolute atomic E-state index is 12.5. The van der Waals surface area contributed by atoms with Gasteiger partial charge in [-0.2, -0.15) is 0 Å². The number of nitrogens with one attached hydrogen (secondary N) is 1. The van der Waals surface area contributed by atoms with E-state index in [-0.39, 0.29) is 12.5 Å². The number of carbonyl (C=O) groups excluding carboxylic acids is 2. The normalized spacial score (nSPS) is 16.5. The summed E-state index contributed by atoms with van der Waals surface area (Å²) in [5, 5.41) is 2.83. The molecule has 1 heterocycles. The minimum atomic E-state index is -0.513. The first-order valence-electron chi connectivity index (χ1n) is 8.27. The second kappa shape index (κ2) is 7.70. The van der Waals surface area contributed by atoms with Gasteiger partial charge >= 0.3 is 6.09 Å². The molecule has 0 aliphatic carbocycles. The quantitative estimate of drug-likeness (QED) is 0.839. The van der Waals surface area contributed by atoms with Crippen molar-refractivity contribution in [2.75, 3.05) is 17.6 Å². The molecule has 1 aliphatic heterocycles. The zero-order valence-corrected chi connectivity index (χ0v) is 13.9. The lowest BCUT2D eigenvalue weighted by atomic mass is 10.2. The molecule has 1 unspecified atom stereocenters. The number of rotatable bonds is 4. The molecule has 1 aliphatic rings. The standard InChI is InChI=1S/C19H21N3O3/c20-15-8-10-16(11-9-15)21-18(23)17-7-4-12-22(17)19(24)25-13-14-5-2-1-3-6-14/h1-3,5-6,8-11,17H,4,7,12-13,20H2,(H,21,23). The maximum atomic E-state index is 12.5. The number of carbonyl (C=O) groups is 2. The third-order valence-corrected chi connectivity index (χ3v) is 4.17. The first-order valence-corrected chi connectivity index (χ1v) is 8.27. The third kappa shape index (κ3) is 4.29. The van der Waals surface area contributed by atoms with Crippen molar-refractivity contribution in [3.63, 3.8) is 0 Å². The molecule has 0 radical (unpaired) electrons. The molecule has 1 atom stereocenters. The second-order valence-electron chi connectivity index (χ2n) is 6.00. The highest BCUT2D eigenvalue weighted by Crippen LogP contribution is 2.21. The molecule has 6 heteroatoms. The molecular formula is C19H21N3O3. The lowest BCUT2D eigenvalue weighted by Gasteiger charge is -2.23. The SMILES string of the molecule is Nc1ccc(NC(=O)C2CCCN2C(=O)OCc2ccccc2)cc1. The van der Waals surface area contributed by atoms with E-state index < -0.39 is 12.1 Å². The molecule has 25 heavy (non-hydrogen) atoms. The van der Waals surface area contributed by atoms with Crippen LogP contribution in [0.1, 0.15) is 18.4 Å². The van der Waals surface area contributed by atoms with Crippen molar-refractivity contribution in [1.29, 1.82) is 0 Å². The Labute approximate surface area is 146 Å². The molecule has 2 aromatic carbocycles. The van der Waals surface area contributed by atoms with Gasteiger partial charge in [0.25, 0.3) is 0 Å². The van der Waals surface area contributed by atoms with Crippen LogP contribution in [-0.4, -0.2) is 29.5 Å². The molecule has 0 bridgehead atoms. The van der Waals surface area contributed by atoms with E-state index in [9.17, 15) is 9.59 Å². The number of likely N-dealkylation sites (tertiary alicyclic amines) is 1. The fraction of sp³-hybridized carbons (Fsp3) is 0.263. The average Bonchev–Trinajstić information content (AvgIpc) is 3.12. The predicted octanol–water partition coefficient (Wildman–Crippen LogP) is 3.01. The van der Waals surface area contributed by atoms with E-state index in [1.165, 1.54) is 4.90 Å². The summed E-state index contributed by atoms with van der Waals surface area (Å²) in [6, 6.07) is 15.9. The zero-order chi connectivity index (χ0) is 17.6. The van der Waals surface area contributed by atoms with Gasteiger partial charge in [-0.25, -0.2) is 4.79 Å². The Balaban J connectivity index is 1.58. The minimum absolute atomic E-state index is 0.197. The molecule has 3 rings (SSSR count). The van der Waals surface area contributed by atoms with Crippen LogP contribution in [-0.2, 0) is 16.1 Å². The van der Waals surface area contributed by atoms with E-state index in [1.54, 1.807) is 24.3 Å². The van der Waals surface area contributed by atoms with Gasteiger partial charge in [-0.3, -0.25) is 9.69 Å². The van der Waals surface area contributed by atoms with E-state index in [4.69, 9.17) is 10.5 Å². The van der Waals surface area contributed by atoms with Crippen molar-refractivity contribution >= 4 is 23.4 Å². The minimum Gasteiger partial charge on any atom is -0.445 e. The van der Waals surface area contributed by atoms with Crippen molar-refractivity contribution in [3.05, 3.63) is 60.2 Å². The van der Waals surface area contributed by atoms with Gasteiger partial charge in [-0.05, 0) is 42.7 Å². The number of amides is 2. The Hall–Kier alpha value is -3.02. The molecule has 0 aromatic heterocycles. The van der Waals surface area contributed by atoms with Crippen LogP contribution < -0.4 is 11.1 Å². The van der Waals surface area contributed by atoms with Crippen molar-refractivity contribution in [2.45, 2.75) is 25.5 Å². The summed E-state index contributed by atoms with van der Waals surface area (Å²) in [5.74, 6) is -0.209. The smallest absolute Gasteiger partial charge is 0.410 e. The summed E-state index contributed by atoms with van der Waals surface area (Å²) in [6.45, 7) is 0.718. The van der Waals surface area contributed by atoms with E-state index in [0.717, 1.165) is 12.0 Å². The highest BCUT2D eigenvalue weighted by Gasteiger charge is 2.35. The largest absolute Gasteiger partial charge is 0.445 e. The maximum Gasteiger partial charge on any atom is 0.410 e. The van der Waals surface area contributed by atoms with Gasteiger partial charge in [0.2, 0.25) is 5.91 Å². The highest BCUT2D eigenvalue weighted by molar-refractivity contribution is 5.97. The van der Waals surface area contributed by atoms with Crippen LogP contribution in [0.2, 0.25) is 0 Å². The number of ether oxygens (including phenoxy) is 1. The summed E-state index contributed by atoms with van der Waals surface area (Å²) >= 11 is 0. The van der Waals surface area contributed by atoms with Crippen LogP contribution >= 0.6 is 0 Å². The first-order chi connectivity index (χ1) is 12.1. The lowest BCUT2D eigenvalue weighted by molar-refractivity contribution is -0.120. The number of nitrogen functional groups attached to an aromatic ring is 1. The molecule has 2 amide bonds. The molecule has 0 saturated carbocycles. The van der Waals surface area contributed by atoms with Gasteiger partial charge in [-0.1, -0.05) is 30.3 Å². The summed E-state index contributed by atoms with van der Waals surface area (Å²) in [4.78, 5) is 26.3. The molecule has 1 fully saturated rings. The van der Waals surface area contributed by atoms with Crippen LogP contribution in [0.5, 0.6) is 0 Å². The second-order valence-corrected chi connectivity index (χ2v) is 6.00. The Morgan fingerprint density at radius 1 is 1.12 bits per heavy atom. The van der Waals surface area contributed by atoms with E-state index >= 15 is 0 Å². The van der Waals surface area contributed by atoms with Gasteiger partial charge in [0, 0.05) is 17.9 Å². The van der Waals surface area contributed by atoms with Crippen molar-refractivity contribution in [3.8, 4) is 0 Å². The van der Waals surface area contributed by atoms with Gasteiger partial charge in [0.1, 0.15) is 12.6 Å². The Bertz CT molecular complexity index is 731. The van der Waals surface area contributed by atoms with Gasteiger partial charge in [-0.15, -0.1) is 0 Å². The van der Waals surface area contributed by atoms with Crippen LogP contribution in [0, 0.1) is 0 Å². The van der Waals surface area contributed by atoms with Crippen LogP contribution in [0.3, 0.4) is 0 Å². The molecule has 1 saturated heterocycles. The fourth-order valence-corrected chi connectivity index (χ4v) is 2.85. The van der Waals surface area contributed by atoms with Crippen LogP contribution in [0.25, 0.3) is 0 Å². The van der Waals surface area contributed by atoms with Crippen molar-refractivity contribution in [2.24, 2.45) is 0 Å².